The van der Waals surface area contributed by atoms with Crippen molar-refractivity contribution >= 4 is 5.91 Å². The Labute approximate surface area is 95.5 Å². The van der Waals surface area contributed by atoms with Crippen LogP contribution in [0.5, 0.6) is 0 Å². The second kappa shape index (κ2) is 7.87. The predicted molar refractivity (Wildman–Crippen MR) is 60.8 cm³/mol. The number of aromatic nitrogens is 2. The van der Waals surface area contributed by atoms with Gasteiger partial charge in [-0.3, -0.25) is 9.48 Å². The lowest BCUT2D eigenvalue weighted by Crippen LogP contribution is -2.25. The molecule has 0 saturated carbocycles. The smallest absolute Gasteiger partial charge is 0.221 e. The number of aliphatic hydroxyl groups excluding tert-OH is 1. The Balaban J connectivity index is 1.99. The molecular weight excluding hydrogens is 206 g/mol. The Hall–Kier alpha value is -1.36. The van der Waals surface area contributed by atoms with Crippen LogP contribution < -0.4 is 5.32 Å². The van der Waals surface area contributed by atoms with Crippen LogP contribution in [-0.2, 0) is 11.3 Å². The number of rotatable bonds is 8. The molecule has 0 saturated heterocycles. The molecular formula is C11H19N3O2. The summed E-state index contributed by atoms with van der Waals surface area (Å²) in [5, 5.41) is 15.4. The number of nitrogens with one attached hydrogen (secondary N) is 1. The molecule has 0 fully saturated rings. The maximum Gasteiger partial charge on any atom is 0.221 e. The van der Waals surface area contributed by atoms with E-state index in [-0.39, 0.29) is 12.5 Å². The molecule has 0 aliphatic heterocycles. The highest BCUT2D eigenvalue weighted by molar-refractivity contribution is 5.75. The maximum atomic E-state index is 11.4. The molecule has 90 valence electrons. The van der Waals surface area contributed by atoms with Crippen LogP contribution in [-0.4, -0.2) is 33.9 Å². The van der Waals surface area contributed by atoms with Gasteiger partial charge in [0.25, 0.3) is 0 Å². The third-order valence-corrected chi connectivity index (χ3v) is 2.28. The minimum atomic E-state index is 0.0551. The number of unbranched alkanes of at least 4 members (excludes halogenated alkanes) is 2. The summed E-state index contributed by atoms with van der Waals surface area (Å²) in [5.41, 5.74) is 0. The fourth-order valence-corrected chi connectivity index (χ4v) is 1.38. The molecule has 1 aromatic heterocycles. The quantitative estimate of drug-likeness (QED) is 0.635. The van der Waals surface area contributed by atoms with Crippen LogP contribution in [0.3, 0.4) is 0 Å². The van der Waals surface area contributed by atoms with Gasteiger partial charge in [0.1, 0.15) is 0 Å². The molecule has 5 nitrogen and oxygen atoms in total. The van der Waals surface area contributed by atoms with E-state index in [4.69, 9.17) is 5.11 Å². The van der Waals surface area contributed by atoms with E-state index in [1.54, 1.807) is 10.9 Å². The van der Waals surface area contributed by atoms with Gasteiger partial charge in [-0.15, -0.1) is 0 Å². The second-order valence-electron chi connectivity index (χ2n) is 3.65. The highest BCUT2D eigenvalue weighted by Crippen LogP contribution is 1.93. The second-order valence-corrected chi connectivity index (χ2v) is 3.65. The van der Waals surface area contributed by atoms with Crippen molar-refractivity contribution in [3.63, 3.8) is 0 Å². The van der Waals surface area contributed by atoms with Crippen LogP contribution in [0.25, 0.3) is 0 Å². The lowest BCUT2D eigenvalue weighted by Gasteiger charge is -2.04. The summed E-state index contributed by atoms with van der Waals surface area (Å²) in [7, 11) is 0. The van der Waals surface area contributed by atoms with Crippen molar-refractivity contribution < 1.29 is 9.90 Å². The summed E-state index contributed by atoms with van der Waals surface area (Å²) in [6, 6.07) is 1.84. The molecule has 0 bridgehead atoms. The molecule has 5 heteroatoms. The van der Waals surface area contributed by atoms with Crippen molar-refractivity contribution in [1.29, 1.82) is 0 Å². The average Bonchev–Trinajstić information content (AvgIpc) is 2.79. The summed E-state index contributed by atoms with van der Waals surface area (Å²) in [4.78, 5) is 11.4. The van der Waals surface area contributed by atoms with E-state index in [1.807, 2.05) is 12.3 Å². The van der Waals surface area contributed by atoms with Gasteiger partial charge >= 0.3 is 0 Å². The minimum absolute atomic E-state index is 0.0551. The van der Waals surface area contributed by atoms with Gasteiger partial charge in [-0.2, -0.15) is 5.10 Å². The Morgan fingerprint density at radius 3 is 2.94 bits per heavy atom. The molecule has 0 aliphatic rings. The maximum absolute atomic E-state index is 11.4. The number of carbonyl (C=O) groups is 1. The monoisotopic (exact) mass is 225 g/mol. The van der Waals surface area contributed by atoms with E-state index in [1.165, 1.54) is 0 Å². The van der Waals surface area contributed by atoms with Crippen molar-refractivity contribution in [3.05, 3.63) is 18.5 Å². The van der Waals surface area contributed by atoms with E-state index >= 15 is 0 Å². The lowest BCUT2D eigenvalue weighted by molar-refractivity contribution is -0.121. The SMILES string of the molecule is O=C(CCn1cccn1)NCCCCCO. The number of aryl methyl sites for hydroxylation is 1. The Morgan fingerprint density at radius 1 is 1.38 bits per heavy atom. The Morgan fingerprint density at radius 2 is 2.25 bits per heavy atom. The number of hydrogen-bond donors (Lipinski definition) is 2. The first-order valence-corrected chi connectivity index (χ1v) is 5.68. The summed E-state index contributed by atoms with van der Waals surface area (Å²) < 4.78 is 1.74. The van der Waals surface area contributed by atoms with Crippen LogP contribution in [0.1, 0.15) is 25.7 Å². The fraction of sp³-hybridized carbons (Fsp3) is 0.636. The summed E-state index contributed by atoms with van der Waals surface area (Å²) >= 11 is 0. The van der Waals surface area contributed by atoms with Crippen molar-refractivity contribution in [3.8, 4) is 0 Å². The molecule has 2 N–H and O–H groups in total. The van der Waals surface area contributed by atoms with E-state index in [0.717, 1.165) is 19.3 Å². The normalized spacial score (nSPS) is 10.3. The highest BCUT2D eigenvalue weighted by atomic mass is 16.2. The first-order chi connectivity index (χ1) is 7.83. The van der Waals surface area contributed by atoms with E-state index in [9.17, 15) is 4.79 Å². The first-order valence-electron chi connectivity index (χ1n) is 5.68. The average molecular weight is 225 g/mol. The van der Waals surface area contributed by atoms with Gasteiger partial charge in [0.15, 0.2) is 0 Å². The van der Waals surface area contributed by atoms with Gasteiger partial charge in [0.2, 0.25) is 5.91 Å². The van der Waals surface area contributed by atoms with Gasteiger partial charge < -0.3 is 10.4 Å². The molecule has 1 amide bonds. The van der Waals surface area contributed by atoms with Crippen molar-refractivity contribution in [1.82, 2.24) is 15.1 Å². The zero-order chi connectivity index (χ0) is 11.6. The van der Waals surface area contributed by atoms with E-state index < -0.39 is 0 Å². The summed E-state index contributed by atoms with van der Waals surface area (Å²) in [6.07, 6.45) is 6.69. The van der Waals surface area contributed by atoms with Crippen LogP contribution in [0.4, 0.5) is 0 Å². The molecule has 0 unspecified atom stereocenters. The van der Waals surface area contributed by atoms with Crippen molar-refractivity contribution in [2.75, 3.05) is 13.2 Å². The molecule has 0 spiro atoms. The topological polar surface area (TPSA) is 67.2 Å². The van der Waals surface area contributed by atoms with Crippen LogP contribution >= 0.6 is 0 Å². The zero-order valence-electron chi connectivity index (χ0n) is 9.43. The van der Waals surface area contributed by atoms with Gasteiger partial charge in [-0.25, -0.2) is 0 Å². The number of hydrogen-bond acceptors (Lipinski definition) is 3. The van der Waals surface area contributed by atoms with Crippen LogP contribution in [0, 0.1) is 0 Å². The van der Waals surface area contributed by atoms with Gasteiger partial charge in [0.05, 0.1) is 0 Å². The lowest BCUT2D eigenvalue weighted by atomic mass is 10.2. The number of amides is 1. The number of carbonyl (C=O) groups excluding carboxylic acids is 1. The Bertz CT molecular complexity index is 285. The largest absolute Gasteiger partial charge is 0.396 e. The molecule has 0 radical (unpaired) electrons. The molecule has 0 aromatic carbocycles. The van der Waals surface area contributed by atoms with E-state index in [2.05, 4.69) is 10.4 Å². The number of nitrogens with zero attached hydrogens (tertiary/aromatic N) is 2. The van der Waals surface area contributed by atoms with E-state index in [0.29, 0.717) is 19.5 Å². The number of aliphatic hydroxyl groups is 1. The Kier molecular flexibility index (Phi) is 6.25. The summed E-state index contributed by atoms with van der Waals surface area (Å²) in [5.74, 6) is 0.0551. The fourth-order valence-electron chi connectivity index (χ4n) is 1.38. The predicted octanol–water partition coefficient (Wildman–Crippen LogP) is 0.552. The van der Waals surface area contributed by atoms with Crippen molar-refractivity contribution in [2.24, 2.45) is 0 Å². The molecule has 1 rings (SSSR count). The molecule has 16 heavy (non-hydrogen) atoms. The zero-order valence-corrected chi connectivity index (χ0v) is 9.43. The highest BCUT2D eigenvalue weighted by Gasteiger charge is 2.00. The van der Waals surface area contributed by atoms with Gasteiger partial charge in [0, 0.05) is 38.5 Å². The third kappa shape index (κ3) is 5.50. The standard InChI is InChI=1S/C11H19N3O2/c15-10-3-1-2-6-12-11(16)5-9-14-8-4-7-13-14/h4,7-8,15H,1-3,5-6,9-10H2,(H,12,16). The van der Waals surface area contributed by atoms with Crippen molar-refractivity contribution in [2.45, 2.75) is 32.2 Å². The minimum Gasteiger partial charge on any atom is -0.396 e. The third-order valence-electron chi connectivity index (χ3n) is 2.28. The van der Waals surface area contributed by atoms with Crippen LogP contribution in [0.2, 0.25) is 0 Å². The molecule has 0 atom stereocenters. The molecule has 1 aromatic rings. The molecule has 1 heterocycles. The summed E-state index contributed by atoms with van der Waals surface area (Å²) in [6.45, 7) is 1.54. The van der Waals surface area contributed by atoms with Crippen LogP contribution in [0.15, 0.2) is 18.5 Å². The van der Waals surface area contributed by atoms with Gasteiger partial charge in [-0.05, 0) is 25.3 Å². The first kappa shape index (κ1) is 12.7. The molecule has 0 aliphatic carbocycles. The van der Waals surface area contributed by atoms with Gasteiger partial charge in [-0.1, -0.05) is 0 Å².